The van der Waals surface area contributed by atoms with Gasteiger partial charge in [0.25, 0.3) is 0 Å². The number of amides is 1. The minimum absolute atomic E-state index is 0.130. The van der Waals surface area contributed by atoms with Crippen LogP contribution in [0.2, 0.25) is 0 Å². The Morgan fingerprint density at radius 3 is 2.43 bits per heavy atom. The zero-order chi connectivity index (χ0) is 15.8. The Morgan fingerprint density at radius 1 is 1.29 bits per heavy atom. The second-order valence-corrected chi connectivity index (χ2v) is 6.09. The van der Waals surface area contributed by atoms with E-state index in [0.717, 1.165) is 17.3 Å². The van der Waals surface area contributed by atoms with Crippen LogP contribution < -0.4 is 5.32 Å². The van der Waals surface area contributed by atoms with Gasteiger partial charge in [-0.05, 0) is 23.6 Å². The van der Waals surface area contributed by atoms with Gasteiger partial charge in [0.15, 0.2) is 6.04 Å². The third kappa shape index (κ3) is 5.87. The van der Waals surface area contributed by atoms with E-state index in [9.17, 15) is 9.59 Å². The lowest BCUT2D eigenvalue weighted by Gasteiger charge is -2.18. The molecule has 1 rings (SSSR count). The van der Waals surface area contributed by atoms with Crippen LogP contribution in [0.5, 0.6) is 0 Å². The molecule has 21 heavy (non-hydrogen) atoms. The molecule has 0 heterocycles. The van der Waals surface area contributed by atoms with Gasteiger partial charge in [-0.15, -0.1) is 0 Å². The van der Waals surface area contributed by atoms with E-state index >= 15 is 0 Å². The fraction of sp³-hybridized carbons (Fsp3) is 0.500. The predicted molar refractivity (Wildman–Crippen MR) is 85.7 cm³/mol. The molecule has 0 aliphatic carbocycles. The molecule has 0 aliphatic heterocycles. The zero-order valence-electron chi connectivity index (χ0n) is 12.7. The van der Waals surface area contributed by atoms with Crippen molar-refractivity contribution in [1.29, 1.82) is 0 Å². The van der Waals surface area contributed by atoms with Gasteiger partial charge < -0.3 is 10.1 Å². The minimum atomic E-state index is -0.760. The third-order valence-corrected chi connectivity index (χ3v) is 3.79. The van der Waals surface area contributed by atoms with E-state index < -0.39 is 12.0 Å². The molecular formula is C16H22BrNO3. The van der Waals surface area contributed by atoms with E-state index in [0.29, 0.717) is 17.9 Å². The molecule has 4 nitrogen and oxygen atoms in total. The summed E-state index contributed by atoms with van der Waals surface area (Å²) < 4.78 is 5.70. The van der Waals surface area contributed by atoms with Crippen LogP contribution in [0.25, 0.3) is 0 Å². The lowest BCUT2D eigenvalue weighted by molar-refractivity contribution is -0.145. The molecule has 0 aromatic heterocycles. The van der Waals surface area contributed by atoms with Crippen LogP contribution in [0.1, 0.15) is 44.7 Å². The molecule has 0 saturated carbocycles. The van der Waals surface area contributed by atoms with Crippen LogP contribution in [0.4, 0.5) is 0 Å². The van der Waals surface area contributed by atoms with E-state index in [1.807, 2.05) is 19.1 Å². The second-order valence-electron chi connectivity index (χ2n) is 5.17. The third-order valence-electron chi connectivity index (χ3n) is 3.26. The monoisotopic (exact) mass is 355 g/mol. The maximum absolute atomic E-state index is 12.1. The summed E-state index contributed by atoms with van der Waals surface area (Å²) in [6.07, 6.45) is 2.45. The molecule has 1 amide bonds. The molecule has 5 heteroatoms. The average molecular weight is 356 g/mol. The van der Waals surface area contributed by atoms with Crippen molar-refractivity contribution in [2.45, 2.75) is 39.2 Å². The fourth-order valence-electron chi connectivity index (χ4n) is 2.18. The summed E-state index contributed by atoms with van der Waals surface area (Å²) in [5, 5.41) is 2.76. The first-order valence-corrected chi connectivity index (χ1v) is 7.89. The molecule has 0 saturated heterocycles. The van der Waals surface area contributed by atoms with Crippen LogP contribution in [-0.4, -0.2) is 19.0 Å². The Bertz CT molecular complexity index is 473. The highest BCUT2D eigenvalue weighted by Gasteiger charge is 2.24. The SMILES string of the molecule is CCCC(C)CC(=O)NC(C(=O)OC)c1ccc(Br)cc1. The van der Waals surface area contributed by atoms with E-state index in [1.165, 1.54) is 7.11 Å². The van der Waals surface area contributed by atoms with Gasteiger partial charge in [0, 0.05) is 10.9 Å². The Hall–Kier alpha value is -1.36. The van der Waals surface area contributed by atoms with E-state index in [2.05, 4.69) is 28.2 Å². The Morgan fingerprint density at radius 2 is 1.90 bits per heavy atom. The first-order chi connectivity index (χ1) is 9.97. The lowest BCUT2D eigenvalue weighted by Crippen LogP contribution is -2.35. The summed E-state index contributed by atoms with van der Waals surface area (Å²) in [6, 6.07) is 6.49. The van der Waals surface area contributed by atoms with Gasteiger partial charge in [0.1, 0.15) is 0 Å². The molecule has 0 spiro atoms. The van der Waals surface area contributed by atoms with Gasteiger partial charge in [-0.1, -0.05) is 54.8 Å². The first-order valence-electron chi connectivity index (χ1n) is 7.10. The summed E-state index contributed by atoms with van der Waals surface area (Å²) in [5.74, 6) is -0.290. The van der Waals surface area contributed by atoms with Crippen molar-refractivity contribution in [3.63, 3.8) is 0 Å². The molecule has 2 atom stereocenters. The van der Waals surface area contributed by atoms with Gasteiger partial charge in [0.05, 0.1) is 7.11 Å². The molecule has 0 radical (unpaired) electrons. The van der Waals surface area contributed by atoms with Crippen molar-refractivity contribution in [2.75, 3.05) is 7.11 Å². The number of ether oxygens (including phenoxy) is 1. The number of carbonyl (C=O) groups excluding carboxylic acids is 2. The summed E-state index contributed by atoms with van der Waals surface area (Å²) in [7, 11) is 1.32. The van der Waals surface area contributed by atoms with Crippen LogP contribution in [0, 0.1) is 5.92 Å². The number of nitrogens with one attached hydrogen (secondary N) is 1. The zero-order valence-corrected chi connectivity index (χ0v) is 14.3. The maximum atomic E-state index is 12.1. The number of hydrogen-bond donors (Lipinski definition) is 1. The highest BCUT2D eigenvalue weighted by atomic mass is 79.9. The number of hydrogen-bond acceptors (Lipinski definition) is 3. The number of halogens is 1. The van der Waals surface area contributed by atoms with Gasteiger partial charge in [-0.2, -0.15) is 0 Å². The van der Waals surface area contributed by atoms with Gasteiger partial charge in [-0.3, -0.25) is 4.79 Å². The Kier molecular flexibility index (Phi) is 7.43. The summed E-state index contributed by atoms with van der Waals surface area (Å²) in [5.41, 5.74) is 0.710. The highest BCUT2D eigenvalue weighted by Crippen LogP contribution is 2.19. The normalized spacial score (nSPS) is 13.3. The largest absolute Gasteiger partial charge is 0.467 e. The number of esters is 1. The number of benzene rings is 1. The van der Waals surface area contributed by atoms with Crippen LogP contribution >= 0.6 is 15.9 Å². The fourth-order valence-corrected chi connectivity index (χ4v) is 2.45. The Labute approximate surface area is 134 Å². The van der Waals surface area contributed by atoms with Gasteiger partial charge in [-0.25, -0.2) is 4.79 Å². The van der Waals surface area contributed by atoms with Crippen molar-refractivity contribution in [2.24, 2.45) is 5.92 Å². The summed E-state index contributed by atoms with van der Waals surface area (Å²) in [4.78, 5) is 24.0. The number of rotatable bonds is 7. The molecule has 0 fully saturated rings. The molecule has 1 aromatic rings. The first kappa shape index (κ1) is 17.7. The quantitative estimate of drug-likeness (QED) is 0.760. The minimum Gasteiger partial charge on any atom is -0.467 e. The van der Waals surface area contributed by atoms with E-state index in [-0.39, 0.29) is 5.91 Å². The summed E-state index contributed by atoms with van der Waals surface area (Å²) in [6.45, 7) is 4.13. The van der Waals surface area contributed by atoms with Crippen molar-refractivity contribution < 1.29 is 14.3 Å². The molecule has 2 unspecified atom stereocenters. The van der Waals surface area contributed by atoms with Crippen LogP contribution in [-0.2, 0) is 14.3 Å². The maximum Gasteiger partial charge on any atom is 0.333 e. The molecular weight excluding hydrogens is 334 g/mol. The van der Waals surface area contributed by atoms with Crippen LogP contribution in [0.15, 0.2) is 28.7 Å². The second kappa shape index (κ2) is 8.82. The molecule has 1 N–H and O–H groups in total. The lowest BCUT2D eigenvalue weighted by atomic mass is 10.0. The molecule has 0 bridgehead atoms. The van der Waals surface area contributed by atoms with E-state index in [1.54, 1.807) is 12.1 Å². The summed E-state index contributed by atoms with van der Waals surface area (Å²) >= 11 is 3.35. The predicted octanol–water partition coefficient (Wildman–Crippen LogP) is 3.61. The standard InChI is InChI=1S/C16H22BrNO3/c1-4-5-11(2)10-14(19)18-15(16(20)21-3)12-6-8-13(17)9-7-12/h6-9,11,15H,4-5,10H2,1-3H3,(H,18,19). The topological polar surface area (TPSA) is 55.4 Å². The smallest absolute Gasteiger partial charge is 0.333 e. The average Bonchev–Trinajstić information content (AvgIpc) is 2.45. The van der Waals surface area contributed by atoms with Crippen LogP contribution in [0.3, 0.4) is 0 Å². The molecule has 1 aromatic carbocycles. The van der Waals surface area contributed by atoms with Gasteiger partial charge in [0.2, 0.25) is 5.91 Å². The molecule has 0 aliphatic rings. The van der Waals surface area contributed by atoms with Crippen molar-refractivity contribution in [1.82, 2.24) is 5.32 Å². The Balaban J connectivity index is 2.77. The number of methoxy groups -OCH3 is 1. The van der Waals surface area contributed by atoms with Crippen molar-refractivity contribution in [3.8, 4) is 0 Å². The number of carbonyl (C=O) groups is 2. The van der Waals surface area contributed by atoms with E-state index in [4.69, 9.17) is 4.74 Å². The van der Waals surface area contributed by atoms with Crippen molar-refractivity contribution >= 4 is 27.8 Å². The molecule has 116 valence electrons. The highest BCUT2D eigenvalue weighted by molar-refractivity contribution is 9.10. The van der Waals surface area contributed by atoms with Gasteiger partial charge >= 0.3 is 5.97 Å². The van der Waals surface area contributed by atoms with Crippen molar-refractivity contribution in [3.05, 3.63) is 34.3 Å².